The minimum Gasteiger partial charge on any atom is -0.392 e. The Labute approximate surface area is 100 Å². The van der Waals surface area contributed by atoms with Gasteiger partial charge in [-0.2, -0.15) is 0 Å². The van der Waals surface area contributed by atoms with E-state index in [1.807, 2.05) is 0 Å². The number of hydrogen-bond acceptors (Lipinski definition) is 4. The highest BCUT2D eigenvalue weighted by Gasteiger charge is 2.56. The fourth-order valence-electron chi connectivity index (χ4n) is 3.21. The Hall–Kier alpha value is -0.970. The van der Waals surface area contributed by atoms with E-state index in [9.17, 15) is 20.0 Å². The van der Waals surface area contributed by atoms with Crippen LogP contribution in [0.5, 0.6) is 0 Å². The van der Waals surface area contributed by atoms with Crippen molar-refractivity contribution in [2.24, 2.45) is 5.92 Å². The highest BCUT2D eigenvalue weighted by molar-refractivity contribution is 5.90. The number of nitro groups is 1. The van der Waals surface area contributed by atoms with Crippen molar-refractivity contribution < 1.29 is 14.8 Å². The summed E-state index contributed by atoms with van der Waals surface area (Å²) in [6.07, 6.45) is 4.46. The van der Waals surface area contributed by atoms with Gasteiger partial charge in [-0.1, -0.05) is 19.3 Å². The Morgan fingerprint density at radius 2 is 1.88 bits per heavy atom. The summed E-state index contributed by atoms with van der Waals surface area (Å²) in [4.78, 5) is 23.2. The van der Waals surface area contributed by atoms with E-state index in [1.165, 1.54) is 0 Å². The molecule has 5 nitrogen and oxygen atoms in total. The monoisotopic (exact) mass is 241 g/mol. The molecule has 0 aliphatic heterocycles. The number of hydrogen-bond donors (Lipinski definition) is 1. The summed E-state index contributed by atoms with van der Waals surface area (Å²) in [5, 5.41) is 21.1. The third-order valence-electron chi connectivity index (χ3n) is 4.32. The molecule has 0 saturated heterocycles. The lowest BCUT2D eigenvalue weighted by Crippen LogP contribution is -2.55. The SMILES string of the molecule is O=C1C2CCCCCCC1([N+](=O)[O-])CCC2O. The molecule has 3 unspecified atom stereocenters. The Balaban J connectivity index is 2.32. The van der Waals surface area contributed by atoms with Crippen molar-refractivity contribution in [2.45, 2.75) is 63.0 Å². The largest absolute Gasteiger partial charge is 0.392 e. The zero-order valence-electron chi connectivity index (χ0n) is 9.93. The molecule has 2 aliphatic rings. The van der Waals surface area contributed by atoms with Crippen LogP contribution in [0.1, 0.15) is 51.4 Å². The summed E-state index contributed by atoms with van der Waals surface area (Å²) in [5.41, 5.74) is -1.39. The van der Waals surface area contributed by atoms with Crippen LogP contribution in [-0.4, -0.2) is 27.5 Å². The number of carbonyl (C=O) groups is 1. The Kier molecular flexibility index (Phi) is 3.47. The van der Waals surface area contributed by atoms with Crippen LogP contribution in [0.4, 0.5) is 0 Å². The second-order valence-electron chi connectivity index (χ2n) is 5.32. The van der Waals surface area contributed by atoms with E-state index < -0.39 is 17.6 Å². The number of nitrogens with zero attached hydrogens (tertiary/aromatic N) is 1. The van der Waals surface area contributed by atoms with Crippen LogP contribution in [-0.2, 0) is 4.79 Å². The average Bonchev–Trinajstić information content (AvgIpc) is 2.33. The first-order valence-electron chi connectivity index (χ1n) is 6.45. The molecule has 0 aromatic carbocycles. The van der Waals surface area contributed by atoms with Gasteiger partial charge in [0, 0.05) is 17.8 Å². The molecule has 0 radical (unpaired) electrons. The molecule has 2 aliphatic carbocycles. The lowest BCUT2D eigenvalue weighted by molar-refractivity contribution is -0.557. The maximum absolute atomic E-state index is 12.3. The summed E-state index contributed by atoms with van der Waals surface area (Å²) >= 11 is 0. The normalized spacial score (nSPS) is 39.0. The number of rotatable bonds is 1. The van der Waals surface area contributed by atoms with Gasteiger partial charge in [-0.3, -0.25) is 14.9 Å². The Bertz CT molecular complexity index is 330. The molecular weight excluding hydrogens is 222 g/mol. The topological polar surface area (TPSA) is 80.4 Å². The summed E-state index contributed by atoms with van der Waals surface area (Å²) in [5.74, 6) is -0.824. The fourth-order valence-corrected chi connectivity index (χ4v) is 3.21. The van der Waals surface area contributed by atoms with Crippen LogP contribution in [0.3, 0.4) is 0 Å². The van der Waals surface area contributed by atoms with Crippen molar-refractivity contribution in [3.8, 4) is 0 Å². The van der Waals surface area contributed by atoms with Gasteiger partial charge in [0.05, 0.1) is 12.0 Å². The lowest BCUT2D eigenvalue weighted by atomic mass is 9.70. The molecule has 3 atom stereocenters. The summed E-state index contributed by atoms with van der Waals surface area (Å²) < 4.78 is 0. The number of fused-ring (bicyclic) bond motifs is 2. The van der Waals surface area contributed by atoms with Crippen molar-refractivity contribution in [3.63, 3.8) is 0 Å². The van der Waals surface area contributed by atoms with Gasteiger partial charge in [0.25, 0.3) is 5.54 Å². The number of ketones is 1. The first kappa shape index (κ1) is 12.5. The van der Waals surface area contributed by atoms with E-state index in [0.717, 1.165) is 25.7 Å². The standard InChI is InChI=1S/C12H19NO4/c14-10-6-8-12(13(16)17)7-4-2-1-3-5-9(10)11(12)15/h9-10,14H,1-8H2. The molecule has 0 heterocycles. The van der Waals surface area contributed by atoms with E-state index in [4.69, 9.17) is 0 Å². The molecule has 1 N–H and O–H groups in total. The molecule has 0 aromatic heterocycles. The van der Waals surface area contributed by atoms with Crippen LogP contribution in [0, 0.1) is 16.0 Å². The average molecular weight is 241 g/mol. The number of aliphatic hydroxyl groups excluding tert-OH is 1. The minimum absolute atomic E-state index is 0.205. The van der Waals surface area contributed by atoms with Crippen molar-refractivity contribution in [1.29, 1.82) is 0 Å². The van der Waals surface area contributed by atoms with Crippen molar-refractivity contribution >= 4 is 5.78 Å². The summed E-state index contributed by atoms with van der Waals surface area (Å²) in [7, 11) is 0. The molecule has 5 heteroatoms. The molecule has 2 fully saturated rings. The number of carbonyl (C=O) groups excluding carboxylic acids is 1. The van der Waals surface area contributed by atoms with E-state index in [0.29, 0.717) is 19.3 Å². The van der Waals surface area contributed by atoms with Gasteiger partial charge < -0.3 is 5.11 Å². The minimum atomic E-state index is -1.39. The third kappa shape index (κ3) is 2.08. The highest BCUT2D eigenvalue weighted by atomic mass is 16.6. The van der Waals surface area contributed by atoms with E-state index >= 15 is 0 Å². The molecule has 2 saturated carbocycles. The molecule has 0 amide bonds. The van der Waals surface area contributed by atoms with Gasteiger partial charge in [0.2, 0.25) is 5.78 Å². The Morgan fingerprint density at radius 1 is 1.18 bits per heavy atom. The van der Waals surface area contributed by atoms with Crippen LogP contribution in [0.25, 0.3) is 0 Å². The number of aliphatic hydroxyl groups is 1. The molecule has 2 rings (SSSR count). The second-order valence-corrected chi connectivity index (χ2v) is 5.32. The first-order valence-corrected chi connectivity index (χ1v) is 6.45. The van der Waals surface area contributed by atoms with Crippen LogP contribution in [0.2, 0.25) is 0 Å². The van der Waals surface area contributed by atoms with Crippen molar-refractivity contribution in [1.82, 2.24) is 0 Å². The van der Waals surface area contributed by atoms with Gasteiger partial charge in [-0.15, -0.1) is 0 Å². The van der Waals surface area contributed by atoms with Crippen molar-refractivity contribution in [2.75, 3.05) is 0 Å². The maximum atomic E-state index is 12.3. The predicted molar refractivity (Wildman–Crippen MR) is 61.2 cm³/mol. The van der Waals surface area contributed by atoms with Crippen LogP contribution in [0.15, 0.2) is 0 Å². The number of Topliss-reactive ketones (excluding diaryl/α,β-unsaturated/α-hetero) is 1. The second kappa shape index (κ2) is 4.72. The van der Waals surface area contributed by atoms with Gasteiger partial charge in [-0.25, -0.2) is 0 Å². The van der Waals surface area contributed by atoms with E-state index in [-0.39, 0.29) is 17.1 Å². The smallest absolute Gasteiger partial charge is 0.279 e. The predicted octanol–water partition coefficient (Wildman–Crippen LogP) is 1.70. The molecule has 0 aromatic rings. The van der Waals surface area contributed by atoms with Crippen LogP contribution >= 0.6 is 0 Å². The summed E-state index contributed by atoms with van der Waals surface area (Å²) in [6, 6.07) is 0. The quantitative estimate of drug-likeness (QED) is 0.559. The zero-order chi connectivity index (χ0) is 12.5. The molecule has 2 bridgehead atoms. The fraction of sp³-hybridized carbons (Fsp3) is 0.917. The Morgan fingerprint density at radius 3 is 2.59 bits per heavy atom. The van der Waals surface area contributed by atoms with Gasteiger partial charge in [-0.05, 0) is 19.3 Å². The van der Waals surface area contributed by atoms with Gasteiger partial charge >= 0.3 is 0 Å². The molecule has 17 heavy (non-hydrogen) atoms. The van der Waals surface area contributed by atoms with Gasteiger partial charge in [0.1, 0.15) is 0 Å². The summed E-state index contributed by atoms with van der Waals surface area (Å²) in [6.45, 7) is 0. The molecule has 96 valence electrons. The molecular formula is C12H19NO4. The van der Waals surface area contributed by atoms with E-state index in [2.05, 4.69) is 0 Å². The first-order chi connectivity index (χ1) is 8.08. The third-order valence-corrected chi connectivity index (χ3v) is 4.32. The van der Waals surface area contributed by atoms with Gasteiger partial charge in [0.15, 0.2) is 0 Å². The lowest BCUT2D eigenvalue weighted by Gasteiger charge is -2.35. The van der Waals surface area contributed by atoms with E-state index in [1.54, 1.807) is 0 Å². The van der Waals surface area contributed by atoms with Crippen molar-refractivity contribution in [3.05, 3.63) is 10.1 Å². The maximum Gasteiger partial charge on any atom is 0.279 e. The van der Waals surface area contributed by atoms with Crippen LogP contribution < -0.4 is 0 Å². The molecule has 0 spiro atoms. The highest BCUT2D eigenvalue weighted by Crippen LogP contribution is 2.39. The zero-order valence-corrected chi connectivity index (χ0v) is 9.93.